The van der Waals surface area contributed by atoms with Crippen molar-refractivity contribution in [3.05, 3.63) is 46.2 Å². The molecule has 0 aliphatic rings. The first-order valence-corrected chi connectivity index (χ1v) is 5.93. The summed E-state index contributed by atoms with van der Waals surface area (Å²) < 4.78 is 0. The fraction of sp³-hybridized carbons (Fsp3) is 0.167. The lowest BCUT2D eigenvalue weighted by atomic mass is 10.2. The average molecular weight is 268 g/mol. The maximum Gasteiger partial charge on any atom is 0.159 e. The summed E-state index contributed by atoms with van der Waals surface area (Å²) in [4.78, 5) is 8.62. The fourth-order valence-corrected chi connectivity index (χ4v) is 1.76. The van der Waals surface area contributed by atoms with Crippen LogP contribution < -0.4 is 5.73 Å². The molecule has 5 heteroatoms. The highest BCUT2D eigenvalue weighted by atomic mass is 35.5. The van der Waals surface area contributed by atoms with E-state index in [1.54, 1.807) is 18.3 Å². The monoisotopic (exact) mass is 267 g/mol. The van der Waals surface area contributed by atoms with Gasteiger partial charge >= 0.3 is 0 Å². The third kappa shape index (κ3) is 2.94. The van der Waals surface area contributed by atoms with Crippen molar-refractivity contribution in [3.8, 4) is 11.4 Å². The van der Waals surface area contributed by atoms with E-state index < -0.39 is 0 Å². The highest BCUT2D eigenvalue weighted by Crippen LogP contribution is 2.26. The first-order valence-electron chi connectivity index (χ1n) is 5.18. The number of hydrogen-bond donors (Lipinski definition) is 1. The van der Waals surface area contributed by atoms with Crippen molar-refractivity contribution in [2.24, 2.45) is 5.73 Å². The molecule has 0 spiro atoms. The number of nitrogens with two attached hydrogens (primary N) is 1. The van der Waals surface area contributed by atoms with E-state index in [4.69, 9.17) is 28.9 Å². The number of nitrogens with zero attached hydrogens (tertiary/aromatic N) is 2. The van der Waals surface area contributed by atoms with Crippen LogP contribution in [0.2, 0.25) is 10.0 Å². The molecule has 0 fully saturated rings. The molecule has 0 unspecified atom stereocenters. The van der Waals surface area contributed by atoms with Gasteiger partial charge in [-0.1, -0.05) is 23.2 Å². The smallest absolute Gasteiger partial charge is 0.159 e. The highest BCUT2D eigenvalue weighted by Gasteiger charge is 2.05. The molecule has 88 valence electrons. The van der Waals surface area contributed by atoms with E-state index in [1.165, 1.54) is 0 Å². The van der Waals surface area contributed by atoms with Crippen molar-refractivity contribution in [3.63, 3.8) is 0 Å². The molecule has 0 saturated carbocycles. The molecule has 0 amide bonds. The zero-order chi connectivity index (χ0) is 12.3. The van der Waals surface area contributed by atoms with Gasteiger partial charge in [0.1, 0.15) is 0 Å². The molecule has 0 saturated heterocycles. The highest BCUT2D eigenvalue weighted by molar-refractivity contribution is 6.42. The third-order valence-electron chi connectivity index (χ3n) is 2.29. The Morgan fingerprint density at radius 2 is 1.94 bits per heavy atom. The summed E-state index contributed by atoms with van der Waals surface area (Å²) >= 11 is 11.8. The Hall–Kier alpha value is -1.16. The number of halogens is 2. The van der Waals surface area contributed by atoms with Crippen molar-refractivity contribution >= 4 is 23.2 Å². The van der Waals surface area contributed by atoms with Crippen LogP contribution in [0.3, 0.4) is 0 Å². The Morgan fingerprint density at radius 3 is 2.65 bits per heavy atom. The summed E-state index contributed by atoms with van der Waals surface area (Å²) in [5, 5.41) is 1.02. The Kier molecular flexibility index (Phi) is 3.94. The van der Waals surface area contributed by atoms with Crippen LogP contribution in [0.15, 0.2) is 30.5 Å². The molecule has 0 radical (unpaired) electrons. The average Bonchev–Trinajstić information content (AvgIpc) is 2.33. The van der Waals surface area contributed by atoms with Crippen molar-refractivity contribution in [2.45, 2.75) is 6.42 Å². The Balaban J connectivity index is 2.38. The van der Waals surface area contributed by atoms with Gasteiger partial charge < -0.3 is 5.73 Å². The minimum atomic E-state index is 0.497. The summed E-state index contributed by atoms with van der Waals surface area (Å²) in [6.07, 6.45) is 2.45. The second-order valence-corrected chi connectivity index (χ2v) is 4.35. The van der Waals surface area contributed by atoms with Gasteiger partial charge in [0.2, 0.25) is 0 Å². The van der Waals surface area contributed by atoms with Crippen LogP contribution in [0, 0.1) is 0 Å². The first kappa shape index (κ1) is 12.3. The minimum Gasteiger partial charge on any atom is -0.330 e. The number of rotatable bonds is 3. The summed E-state index contributed by atoms with van der Waals surface area (Å²) in [6.45, 7) is 0.567. The first-order chi connectivity index (χ1) is 8.20. The largest absolute Gasteiger partial charge is 0.330 e. The van der Waals surface area contributed by atoms with Crippen LogP contribution in [0.1, 0.15) is 5.69 Å². The van der Waals surface area contributed by atoms with Gasteiger partial charge in [0.25, 0.3) is 0 Å². The molecule has 1 heterocycles. The van der Waals surface area contributed by atoms with Crippen LogP contribution in [-0.4, -0.2) is 16.5 Å². The van der Waals surface area contributed by atoms with Crippen LogP contribution in [-0.2, 0) is 6.42 Å². The standard InChI is InChI=1S/C12H11Cl2N3/c13-10-2-1-8(7-11(10)14)12-16-6-4-9(17-12)3-5-15/h1-2,4,6-7H,3,5,15H2. The number of hydrogen-bond acceptors (Lipinski definition) is 3. The second-order valence-electron chi connectivity index (χ2n) is 3.54. The van der Waals surface area contributed by atoms with Gasteiger partial charge in [-0.15, -0.1) is 0 Å². The van der Waals surface area contributed by atoms with Crippen molar-refractivity contribution < 1.29 is 0 Å². The van der Waals surface area contributed by atoms with Crippen LogP contribution in [0.4, 0.5) is 0 Å². The van der Waals surface area contributed by atoms with E-state index in [-0.39, 0.29) is 0 Å². The molecule has 1 aromatic carbocycles. The van der Waals surface area contributed by atoms with Gasteiger partial charge in [0.15, 0.2) is 5.82 Å². The lowest BCUT2D eigenvalue weighted by Gasteiger charge is -2.04. The van der Waals surface area contributed by atoms with Crippen molar-refractivity contribution in [1.29, 1.82) is 0 Å². The lowest BCUT2D eigenvalue weighted by Crippen LogP contribution is -2.05. The molecule has 0 aliphatic carbocycles. The van der Waals surface area contributed by atoms with E-state index in [0.29, 0.717) is 22.4 Å². The zero-order valence-electron chi connectivity index (χ0n) is 9.03. The molecule has 2 rings (SSSR count). The Labute approximate surface area is 110 Å². The normalized spacial score (nSPS) is 10.5. The maximum atomic E-state index is 5.96. The number of aromatic nitrogens is 2. The third-order valence-corrected chi connectivity index (χ3v) is 3.03. The predicted molar refractivity (Wildman–Crippen MR) is 70.2 cm³/mol. The fourth-order valence-electron chi connectivity index (χ4n) is 1.46. The molecular weight excluding hydrogens is 257 g/mol. The summed E-state index contributed by atoms with van der Waals surface area (Å²) in [5.74, 6) is 0.634. The van der Waals surface area contributed by atoms with E-state index in [0.717, 1.165) is 17.7 Å². The SMILES string of the molecule is NCCc1ccnc(-c2ccc(Cl)c(Cl)c2)n1. The molecule has 2 aromatic rings. The quantitative estimate of drug-likeness (QED) is 0.931. The molecule has 3 nitrogen and oxygen atoms in total. The van der Waals surface area contributed by atoms with Crippen LogP contribution in [0.5, 0.6) is 0 Å². The zero-order valence-corrected chi connectivity index (χ0v) is 10.5. The van der Waals surface area contributed by atoms with E-state index in [1.807, 2.05) is 12.1 Å². The molecule has 17 heavy (non-hydrogen) atoms. The van der Waals surface area contributed by atoms with Gasteiger partial charge in [-0.2, -0.15) is 0 Å². The maximum absolute atomic E-state index is 5.96. The van der Waals surface area contributed by atoms with Crippen molar-refractivity contribution in [2.75, 3.05) is 6.54 Å². The molecule has 1 aromatic heterocycles. The Bertz CT molecular complexity index is 529. The summed E-state index contributed by atoms with van der Waals surface area (Å²) in [7, 11) is 0. The minimum absolute atomic E-state index is 0.497. The van der Waals surface area contributed by atoms with Crippen molar-refractivity contribution in [1.82, 2.24) is 9.97 Å². The molecule has 2 N–H and O–H groups in total. The van der Waals surface area contributed by atoms with E-state index in [2.05, 4.69) is 9.97 Å². The van der Waals surface area contributed by atoms with E-state index in [9.17, 15) is 0 Å². The molecule has 0 aliphatic heterocycles. The van der Waals surface area contributed by atoms with E-state index >= 15 is 0 Å². The van der Waals surface area contributed by atoms with Gasteiger partial charge in [-0.25, -0.2) is 9.97 Å². The van der Waals surface area contributed by atoms with Crippen LogP contribution in [0.25, 0.3) is 11.4 Å². The van der Waals surface area contributed by atoms with Gasteiger partial charge in [-0.3, -0.25) is 0 Å². The second kappa shape index (κ2) is 5.45. The Morgan fingerprint density at radius 1 is 1.12 bits per heavy atom. The lowest BCUT2D eigenvalue weighted by molar-refractivity contribution is 0.913. The molecule has 0 bridgehead atoms. The molecular formula is C12H11Cl2N3. The number of benzene rings is 1. The summed E-state index contributed by atoms with van der Waals surface area (Å²) in [5.41, 5.74) is 7.26. The predicted octanol–water partition coefficient (Wildman–Crippen LogP) is 2.95. The topological polar surface area (TPSA) is 51.8 Å². The van der Waals surface area contributed by atoms with Gasteiger partial charge in [-0.05, 0) is 30.8 Å². The van der Waals surface area contributed by atoms with Gasteiger partial charge in [0, 0.05) is 23.9 Å². The summed E-state index contributed by atoms with van der Waals surface area (Å²) in [6, 6.07) is 7.19. The molecule has 0 atom stereocenters. The van der Waals surface area contributed by atoms with Gasteiger partial charge in [0.05, 0.1) is 10.0 Å². The van der Waals surface area contributed by atoms with Crippen LogP contribution >= 0.6 is 23.2 Å².